The van der Waals surface area contributed by atoms with Gasteiger partial charge in [0.25, 0.3) is 0 Å². The van der Waals surface area contributed by atoms with Crippen LogP contribution in [0.3, 0.4) is 0 Å². The molecule has 136 valence electrons. The zero-order valence-electron chi connectivity index (χ0n) is 14.3. The van der Waals surface area contributed by atoms with Crippen LogP contribution < -0.4 is 0 Å². The Morgan fingerprint density at radius 3 is 2.72 bits per heavy atom. The summed E-state index contributed by atoms with van der Waals surface area (Å²) in [6.45, 7) is 3.07. The van der Waals surface area contributed by atoms with Crippen molar-refractivity contribution in [1.82, 2.24) is 9.80 Å². The standard InChI is InChI=1S/C18H23ClN2O4/c1-24-9-8-21-16(22)12-14(18(23)20-6-10-25-11-7-20)17(21)13-4-2-3-5-15(13)19/h2-5,14,17H,6-12H2,1H3/t14-,17+/m1/s1. The highest BCUT2D eigenvalue weighted by Crippen LogP contribution is 2.41. The predicted octanol–water partition coefficient (Wildman–Crippen LogP) is 1.73. The minimum absolute atomic E-state index is 0.00138. The average molecular weight is 367 g/mol. The number of rotatable bonds is 5. The summed E-state index contributed by atoms with van der Waals surface area (Å²) >= 11 is 6.39. The number of ether oxygens (including phenoxy) is 2. The van der Waals surface area contributed by atoms with Crippen LogP contribution in [0.1, 0.15) is 18.0 Å². The Hall–Kier alpha value is -1.63. The van der Waals surface area contributed by atoms with Gasteiger partial charge in [0.1, 0.15) is 0 Å². The van der Waals surface area contributed by atoms with Crippen molar-refractivity contribution in [3.63, 3.8) is 0 Å². The van der Waals surface area contributed by atoms with Gasteiger partial charge in [-0.25, -0.2) is 0 Å². The van der Waals surface area contributed by atoms with E-state index in [9.17, 15) is 9.59 Å². The van der Waals surface area contributed by atoms with E-state index in [1.807, 2.05) is 18.2 Å². The van der Waals surface area contributed by atoms with E-state index in [1.54, 1.807) is 23.0 Å². The lowest BCUT2D eigenvalue weighted by molar-refractivity contribution is -0.140. The third-order valence-electron chi connectivity index (χ3n) is 4.83. The van der Waals surface area contributed by atoms with Gasteiger partial charge in [0, 0.05) is 38.2 Å². The number of hydrogen-bond acceptors (Lipinski definition) is 4. The van der Waals surface area contributed by atoms with Crippen LogP contribution in [-0.4, -0.2) is 68.2 Å². The first-order valence-corrected chi connectivity index (χ1v) is 8.90. The molecule has 2 aliphatic rings. The number of likely N-dealkylation sites (tertiary alicyclic amines) is 1. The topological polar surface area (TPSA) is 59.1 Å². The molecule has 2 saturated heterocycles. The van der Waals surface area contributed by atoms with Crippen LogP contribution in [0.4, 0.5) is 0 Å². The summed E-state index contributed by atoms with van der Waals surface area (Å²) in [6.07, 6.45) is 0.204. The second-order valence-electron chi connectivity index (χ2n) is 6.29. The number of carbonyl (C=O) groups is 2. The molecule has 0 spiro atoms. The van der Waals surface area contributed by atoms with Gasteiger partial charge in [-0.2, -0.15) is 0 Å². The van der Waals surface area contributed by atoms with Crippen LogP contribution in [0.15, 0.2) is 24.3 Å². The number of amides is 2. The Morgan fingerprint density at radius 1 is 1.32 bits per heavy atom. The summed E-state index contributed by atoms with van der Waals surface area (Å²) in [5.41, 5.74) is 0.817. The summed E-state index contributed by atoms with van der Waals surface area (Å²) in [7, 11) is 1.60. The first-order valence-electron chi connectivity index (χ1n) is 8.53. The average Bonchev–Trinajstić information content (AvgIpc) is 2.96. The lowest BCUT2D eigenvalue weighted by atomic mass is 9.92. The van der Waals surface area contributed by atoms with Gasteiger partial charge < -0.3 is 19.3 Å². The molecule has 1 aromatic rings. The van der Waals surface area contributed by atoms with Gasteiger partial charge in [0.2, 0.25) is 11.8 Å². The number of benzene rings is 1. The van der Waals surface area contributed by atoms with E-state index in [4.69, 9.17) is 21.1 Å². The molecule has 7 heteroatoms. The molecule has 0 unspecified atom stereocenters. The lowest BCUT2D eigenvalue weighted by Crippen LogP contribution is -2.45. The largest absolute Gasteiger partial charge is 0.383 e. The molecular formula is C18H23ClN2O4. The van der Waals surface area contributed by atoms with E-state index in [0.29, 0.717) is 44.5 Å². The number of hydrogen-bond donors (Lipinski definition) is 0. The van der Waals surface area contributed by atoms with Crippen molar-refractivity contribution >= 4 is 23.4 Å². The molecule has 2 aliphatic heterocycles. The van der Waals surface area contributed by atoms with Gasteiger partial charge in [-0.1, -0.05) is 29.8 Å². The van der Waals surface area contributed by atoms with Crippen LogP contribution in [0.5, 0.6) is 0 Å². The van der Waals surface area contributed by atoms with E-state index in [2.05, 4.69) is 0 Å². The molecule has 3 rings (SSSR count). The Morgan fingerprint density at radius 2 is 2.04 bits per heavy atom. The zero-order valence-corrected chi connectivity index (χ0v) is 15.1. The fraction of sp³-hybridized carbons (Fsp3) is 0.556. The number of halogens is 1. The maximum absolute atomic E-state index is 13.1. The Balaban J connectivity index is 1.91. The first kappa shape index (κ1) is 18.2. The normalized spacial score (nSPS) is 24.0. The highest BCUT2D eigenvalue weighted by molar-refractivity contribution is 6.31. The van der Waals surface area contributed by atoms with Crippen LogP contribution in [0, 0.1) is 5.92 Å². The molecule has 6 nitrogen and oxygen atoms in total. The van der Waals surface area contributed by atoms with E-state index < -0.39 is 5.92 Å². The van der Waals surface area contributed by atoms with Crippen molar-refractivity contribution in [3.8, 4) is 0 Å². The van der Waals surface area contributed by atoms with Crippen molar-refractivity contribution in [2.45, 2.75) is 12.5 Å². The first-order chi connectivity index (χ1) is 12.1. The molecule has 25 heavy (non-hydrogen) atoms. The smallest absolute Gasteiger partial charge is 0.228 e. The number of carbonyl (C=O) groups excluding carboxylic acids is 2. The molecule has 0 bridgehead atoms. The zero-order chi connectivity index (χ0) is 17.8. The van der Waals surface area contributed by atoms with Crippen molar-refractivity contribution in [2.24, 2.45) is 5.92 Å². The number of methoxy groups -OCH3 is 1. The maximum Gasteiger partial charge on any atom is 0.228 e. The fourth-order valence-electron chi connectivity index (χ4n) is 3.58. The monoisotopic (exact) mass is 366 g/mol. The van der Waals surface area contributed by atoms with Gasteiger partial charge >= 0.3 is 0 Å². The van der Waals surface area contributed by atoms with Gasteiger partial charge in [-0.05, 0) is 11.6 Å². The molecule has 2 heterocycles. The van der Waals surface area contributed by atoms with E-state index in [0.717, 1.165) is 5.56 Å². The van der Waals surface area contributed by atoms with Gasteiger partial charge in [0.05, 0.1) is 31.8 Å². The fourth-order valence-corrected chi connectivity index (χ4v) is 3.83. The summed E-state index contributed by atoms with van der Waals surface area (Å²) in [5.74, 6) is -0.461. The van der Waals surface area contributed by atoms with Crippen LogP contribution in [0.25, 0.3) is 0 Å². The molecule has 0 aliphatic carbocycles. The molecule has 0 saturated carbocycles. The predicted molar refractivity (Wildman–Crippen MR) is 93.3 cm³/mol. The van der Waals surface area contributed by atoms with Gasteiger partial charge in [0.15, 0.2) is 0 Å². The molecule has 2 atom stereocenters. The molecular weight excluding hydrogens is 344 g/mol. The van der Waals surface area contributed by atoms with E-state index >= 15 is 0 Å². The number of morpholine rings is 1. The highest BCUT2D eigenvalue weighted by Gasteiger charge is 2.46. The third kappa shape index (κ3) is 3.81. The number of nitrogens with zero attached hydrogens (tertiary/aromatic N) is 2. The molecule has 1 aromatic carbocycles. The van der Waals surface area contributed by atoms with Crippen LogP contribution in [0.2, 0.25) is 5.02 Å². The Labute approximate surface area is 152 Å². The quantitative estimate of drug-likeness (QED) is 0.796. The summed E-state index contributed by atoms with van der Waals surface area (Å²) in [6, 6.07) is 7.07. The van der Waals surface area contributed by atoms with E-state index in [-0.39, 0.29) is 24.3 Å². The molecule has 2 fully saturated rings. The van der Waals surface area contributed by atoms with Crippen LogP contribution in [-0.2, 0) is 19.1 Å². The van der Waals surface area contributed by atoms with E-state index in [1.165, 1.54) is 0 Å². The maximum atomic E-state index is 13.1. The second kappa shape index (κ2) is 8.17. The second-order valence-corrected chi connectivity index (χ2v) is 6.70. The van der Waals surface area contributed by atoms with Crippen molar-refractivity contribution in [1.29, 1.82) is 0 Å². The Bertz CT molecular complexity index is 633. The van der Waals surface area contributed by atoms with Crippen molar-refractivity contribution < 1.29 is 19.1 Å². The highest BCUT2D eigenvalue weighted by atomic mass is 35.5. The molecule has 0 N–H and O–H groups in total. The third-order valence-corrected chi connectivity index (χ3v) is 5.18. The van der Waals surface area contributed by atoms with Crippen molar-refractivity contribution in [3.05, 3.63) is 34.9 Å². The Kier molecular flexibility index (Phi) is 5.93. The molecule has 0 radical (unpaired) electrons. The van der Waals surface area contributed by atoms with Gasteiger partial charge in [-0.3, -0.25) is 9.59 Å². The molecule has 0 aromatic heterocycles. The minimum atomic E-state index is -0.428. The minimum Gasteiger partial charge on any atom is -0.383 e. The lowest BCUT2D eigenvalue weighted by Gasteiger charge is -2.33. The molecule has 2 amide bonds. The summed E-state index contributed by atoms with van der Waals surface area (Å²) in [4.78, 5) is 29.2. The van der Waals surface area contributed by atoms with Gasteiger partial charge in [-0.15, -0.1) is 0 Å². The summed E-state index contributed by atoms with van der Waals surface area (Å²) < 4.78 is 10.5. The van der Waals surface area contributed by atoms with Crippen LogP contribution >= 0.6 is 11.6 Å². The SMILES string of the molecule is COCCN1C(=O)C[C@@H](C(=O)N2CCOCC2)[C@@H]1c1ccccc1Cl. The summed E-state index contributed by atoms with van der Waals surface area (Å²) in [5, 5.41) is 0.574. The van der Waals surface area contributed by atoms with Crippen molar-refractivity contribution in [2.75, 3.05) is 46.6 Å².